The number of carbonyl (C=O) groups excluding carboxylic acids is 1. The molecule has 0 saturated carbocycles. The van der Waals surface area contributed by atoms with Gasteiger partial charge in [0.2, 0.25) is 0 Å². The van der Waals surface area contributed by atoms with Crippen LogP contribution in [0.3, 0.4) is 0 Å². The van der Waals surface area contributed by atoms with Gasteiger partial charge in [0, 0.05) is 12.3 Å². The molecule has 1 aliphatic carbocycles. The number of rotatable bonds is 5. The molecule has 2 N–H and O–H groups in total. The second-order valence-electron chi connectivity index (χ2n) is 5.77. The van der Waals surface area contributed by atoms with Gasteiger partial charge in [-0.3, -0.25) is 0 Å². The number of nitrogens with one attached hydrogen (secondary N) is 1. The van der Waals surface area contributed by atoms with Gasteiger partial charge in [-0.25, -0.2) is 9.59 Å². The molecule has 0 aromatic heterocycles. The number of hydrogen-bond acceptors (Lipinski definition) is 3. The first-order chi connectivity index (χ1) is 12.1. The molecule has 126 valence electrons. The van der Waals surface area contributed by atoms with E-state index in [4.69, 9.17) is 16.3 Å². The van der Waals surface area contributed by atoms with Gasteiger partial charge >= 0.3 is 12.1 Å². The molecular formula is C20H17NO4. The van der Waals surface area contributed by atoms with Crippen molar-refractivity contribution in [1.29, 1.82) is 0 Å². The van der Waals surface area contributed by atoms with E-state index in [1.165, 1.54) is 0 Å². The Labute approximate surface area is 145 Å². The van der Waals surface area contributed by atoms with Gasteiger partial charge in [0.1, 0.15) is 12.6 Å². The van der Waals surface area contributed by atoms with Crippen LogP contribution >= 0.6 is 0 Å². The summed E-state index contributed by atoms with van der Waals surface area (Å²) in [7, 11) is 0. The highest BCUT2D eigenvalue weighted by Crippen LogP contribution is 2.44. The monoisotopic (exact) mass is 335 g/mol. The van der Waals surface area contributed by atoms with Crippen LogP contribution in [-0.4, -0.2) is 29.8 Å². The van der Waals surface area contributed by atoms with Crippen LogP contribution in [0.2, 0.25) is 0 Å². The number of fused-ring (bicyclic) bond motifs is 3. The second kappa shape index (κ2) is 7.10. The average Bonchev–Trinajstić information content (AvgIpc) is 2.93. The minimum absolute atomic E-state index is 0.0749. The van der Waals surface area contributed by atoms with Crippen LogP contribution in [0.1, 0.15) is 23.5 Å². The fraction of sp³-hybridized carbons (Fsp3) is 0.200. The zero-order chi connectivity index (χ0) is 17.8. The van der Waals surface area contributed by atoms with Crippen LogP contribution in [-0.2, 0) is 9.53 Å². The molecule has 1 amide bonds. The van der Waals surface area contributed by atoms with E-state index in [1.54, 1.807) is 0 Å². The van der Waals surface area contributed by atoms with E-state index in [1.807, 2.05) is 48.5 Å². The maximum atomic E-state index is 11.9. The van der Waals surface area contributed by atoms with E-state index in [9.17, 15) is 9.59 Å². The van der Waals surface area contributed by atoms with E-state index in [2.05, 4.69) is 11.2 Å². The number of carboxylic acids is 1. The number of terminal acetylenes is 1. The largest absolute Gasteiger partial charge is 0.480 e. The van der Waals surface area contributed by atoms with Crippen LogP contribution in [0.25, 0.3) is 11.1 Å². The normalized spacial score (nSPS) is 13.2. The third kappa shape index (κ3) is 3.33. The number of aliphatic carboxylic acids is 1. The molecular weight excluding hydrogens is 318 g/mol. The summed E-state index contributed by atoms with van der Waals surface area (Å²) in [6.45, 7) is 0.127. The predicted molar refractivity (Wildman–Crippen MR) is 93.1 cm³/mol. The Morgan fingerprint density at radius 2 is 1.68 bits per heavy atom. The van der Waals surface area contributed by atoms with Crippen molar-refractivity contribution in [2.75, 3.05) is 6.61 Å². The van der Waals surface area contributed by atoms with E-state index in [0.717, 1.165) is 22.3 Å². The Hall–Kier alpha value is -3.26. The molecule has 25 heavy (non-hydrogen) atoms. The molecule has 1 aliphatic rings. The zero-order valence-electron chi connectivity index (χ0n) is 13.4. The molecule has 2 aromatic rings. The van der Waals surface area contributed by atoms with Crippen LogP contribution in [0.4, 0.5) is 4.79 Å². The van der Waals surface area contributed by atoms with Gasteiger partial charge in [-0.05, 0) is 22.3 Å². The summed E-state index contributed by atoms with van der Waals surface area (Å²) < 4.78 is 5.28. The Bertz CT molecular complexity index is 807. The predicted octanol–water partition coefficient (Wildman–Crippen LogP) is 3.00. The lowest BCUT2D eigenvalue weighted by Crippen LogP contribution is -2.41. The summed E-state index contributed by atoms with van der Waals surface area (Å²) in [5.74, 6) is 0.963. The van der Waals surface area contributed by atoms with Gasteiger partial charge in [0.05, 0.1) is 0 Å². The molecule has 0 aliphatic heterocycles. The Balaban J connectivity index is 1.72. The van der Waals surface area contributed by atoms with Crippen molar-refractivity contribution in [3.05, 3.63) is 59.7 Å². The van der Waals surface area contributed by atoms with Crippen molar-refractivity contribution in [2.24, 2.45) is 0 Å². The molecule has 0 heterocycles. The van der Waals surface area contributed by atoms with Crippen LogP contribution in [0.15, 0.2) is 48.5 Å². The van der Waals surface area contributed by atoms with Crippen LogP contribution in [0, 0.1) is 12.3 Å². The molecule has 0 saturated heterocycles. The fourth-order valence-corrected chi connectivity index (χ4v) is 3.10. The third-order valence-electron chi connectivity index (χ3n) is 4.26. The van der Waals surface area contributed by atoms with Crippen LogP contribution < -0.4 is 5.32 Å². The number of alkyl carbamates (subject to hydrolysis) is 1. The average molecular weight is 335 g/mol. The van der Waals surface area contributed by atoms with Gasteiger partial charge < -0.3 is 15.2 Å². The second-order valence-corrected chi connectivity index (χ2v) is 5.77. The molecule has 5 heteroatoms. The lowest BCUT2D eigenvalue weighted by molar-refractivity contribution is -0.139. The maximum Gasteiger partial charge on any atom is 0.407 e. The minimum Gasteiger partial charge on any atom is -0.480 e. The topological polar surface area (TPSA) is 75.6 Å². The standard InChI is InChI=1S/C20H17NO4/c1-2-7-18(19(22)23)21-20(24)25-12-17-15-10-5-3-8-13(15)14-9-4-6-11-16(14)17/h1,3-6,8-11,17-18H,7,12H2,(H,21,24)(H,22,23)/t18-/m0/s1. The molecule has 0 fully saturated rings. The molecule has 2 aromatic carbocycles. The summed E-state index contributed by atoms with van der Waals surface area (Å²) in [4.78, 5) is 23.0. The van der Waals surface area contributed by atoms with E-state index >= 15 is 0 Å². The number of carboxylic acid groups (broad SMARTS) is 1. The molecule has 0 unspecified atom stereocenters. The summed E-state index contributed by atoms with van der Waals surface area (Å²) in [5.41, 5.74) is 4.44. The number of benzene rings is 2. The van der Waals surface area contributed by atoms with Crippen LogP contribution in [0.5, 0.6) is 0 Å². The number of ether oxygens (including phenoxy) is 1. The lowest BCUT2D eigenvalue weighted by atomic mass is 9.98. The van der Waals surface area contributed by atoms with Crippen molar-refractivity contribution >= 4 is 12.1 Å². The highest BCUT2D eigenvalue weighted by atomic mass is 16.5. The van der Waals surface area contributed by atoms with E-state index in [0.29, 0.717) is 0 Å². The highest BCUT2D eigenvalue weighted by Gasteiger charge is 2.29. The van der Waals surface area contributed by atoms with E-state index in [-0.39, 0.29) is 18.9 Å². The first kappa shape index (κ1) is 16.6. The lowest BCUT2D eigenvalue weighted by Gasteiger charge is -2.16. The maximum absolute atomic E-state index is 11.9. The van der Waals surface area contributed by atoms with Crippen molar-refractivity contribution in [3.8, 4) is 23.5 Å². The fourth-order valence-electron chi connectivity index (χ4n) is 3.10. The molecule has 3 rings (SSSR count). The molecule has 1 atom stereocenters. The first-order valence-electron chi connectivity index (χ1n) is 7.89. The van der Waals surface area contributed by atoms with Crippen molar-refractivity contribution < 1.29 is 19.4 Å². The number of carbonyl (C=O) groups is 2. The minimum atomic E-state index is -1.19. The summed E-state index contributed by atoms with van der Waals surface area (Å²) in [6.07, 6.45) is 4.23. The van der Waals surface area contributed by atoms with Gasteiger partial charge in [-0.15, -0.1) is 12.3 Å². The number of amides is 1. The highest BCUT2D eigenvalue weighted by molar-refractivity contribution is 5.81. The summed E-state index contributed by atoms with van der Waals surface area (Å²) >= 11 is 0. The van der Waals surface area contributed by atoms with Gasteiger partial charge in [-0.1, -0.05) is 48.5 Å². The number of hydrogen-bond donors (Lipinski definition) is 2. The smallest absolute Gasteiger partial charge is 0.407 e. The van der Waals surface area contributed by atoms with Gasteiger partial charge in [-0.2, -0.15) is 0 Å². The SMILES string of the molecule is C#CC[C@H](NC(=O)OCC1c2ccccc2-c2ccccc21)C(=O)O. The summed E-state index contributed by atoms with van der Waals surface area (Å²) in [5, 5.41) is 11.3. The quantitative estimate of drug-likeness (QED) is 0.824. The molecule has 0 spiro atoms. The molecule has 0 radical (unpaired) electrons. The Kier molecular flexibility index (Phi) is 4.71. The van der Waals surface area contributed by atoms with Crippen molar-refractivity contribution in [2.45, 2.75) is 18.4 Å². The molecule has 0 bridgehead atoms. The third-order valence-corrected chi connectivity index (χ3v) is 4.26. The van der Waals surface area contributed by atoms with E-state index < -0.39 is 18.1 Å². The molecule has 5 nitrogen and oxygen atoms in total. The van der Waals surface area contributed by atoms with Gasteiger partial charge in [0.15, 0.2) is 0 Å². The zero-order valence-corrected chi connectivity index (χ0v) is 13.4. The Morgan fingerprint density at radius 1 is 1.12 bits per heavy atom. The van der Waals surface area contributed by atoms with Gasteiger partial charge in [0.25, 0.3) is 0 Å². The van der Waals surface area contributed by atoms with Crippen molar-refractivity contribution in [3.63, 3.8) is 0 Å². The Morgan fingerprint density at radius 3 is 2.20 bits per heavy atom. The van der Waals surface area contributed by atoms with Crippen molar-refractivity contribution in [1.82, 2.24) is 5.32 Å². The first-order valence-corrected chi connectivity index (χ1v) is 7.89. The summed E-state index contributed by atoms with van der Waals surface area (Å²) in [6, 6.07) is 14.8.